The second kappa shape index (κ2) is 6.72. The van der Waals surface area contributed by atoms with E-state index in [2.05, 4.69) is 25.5 Å². The molecule has 0 saturated heterocycles. The number of nitrogens with zero attached hydrogens (tertiary/aromatic N) is 3. The summed E-state index contributed by atoms with van der Waals surface area (Å²) in [5, 5.41) is 9.98. The minimum absolute atomic E-state index is 0.0956. The molecule has 0 unspecified atom stereocenters. The summed E-state index contributed by atoms with van der Waals surface area (Å²) < 4.78 is 5.46. The van der Waals surface area contributed by atoms with Crippen LogP contribution in [0.25, 0.3) is 11.4 Å². The molecule has 1 aliphatic rings. The van der Waals surface area contributed by atoms with Crippen molar-refractivity contribution in [1.29, 1.82) is 0 Å². The van der Waals surface area contributed by atoms with Crippen molar-refractivity contribution in [2.24, 2.45) is 0 Å². The second-order valence-electron chi connectivity index (χ2n) is 5.77. The number of amides is 1. The molecule has 126 valence electrons. The fraction of sp³-hybridized carbons (Fsp3) is 0.222. The molecule has 0 atom stereocenters. The summed E-state index contributed by atoms with van der Waals surface area (Å²) in [6.07, 6.45) is 4.85. The highest BCUT2D eigenvalue weighted by Crippen LogP contribution is 2.25. The second-order valence-corrected chi connectivity index (χ2v) is 5.77. The molecule has 0 fully saturated rings. The highest BCUT2D eigenvalue weighted by Gasteiger charge is 2.15. The maximum absolute atomic E-state index is 12.3. The van der Waals surface area contributed by atoms with Gasteiger partial charge < -0.3 is 10.1 Å². The van der Waals surface area contributed by atoms with Gasteiger partial charge in [0.05, 0.1) is 6.61 Å². The lowest BCUT2D eigenvalue weighted by atomic mass is 10.1. The minimum atomic E-state index is -0.0956. The van der Waals surface area contributed by atoms with Crippen LogP contribution in [0.2, 0.25) is 0 Å². The Morgan fingerprint density at radius 3 is 3.16 bits per heavy atom. The predicted octanol–water partition coefficient (Wildman–Crippen LogP) is 1.77. The van der Waals surface area contributed by atoms with Gasteiger partial charge in [0.1, 0.15) is 11.6 Å². The highest BCUT2D eigenvalue weighted by molar-refractivity contribution is 5.94. The third kappa shape index (κ3) is 3.35. The van der Waals surface area contributed by atoms with E-state index in [0.717, 1.165) is 29.1 Å². The lowest BCUT2D eigenvalue weighted by Gasteiger charge is -2.05. The monoisotopic (exact) mass is 335 g/mol. The number of carbonyl (C=O) groups is 1. The van der Waals surface area contributed by atoms with Gasteiger partial charge in [-0.05, 0) is 35.9 Å². The number of nitrogens with one attached hydrogen (secondary N) is 2. The van der Waals surface area contributed by atoms with Crippen LogP contribution in [0.4, 0.5) is 0 Å². The van der Waals surface area contributed by atoms with Crippen LogP contribution in [-0.2, 0) is 12.8 Å². The van der Waals surface area contributed by atoms with Crippen LogP contribution in [0.15, 0.2) is 42.7 Å². The van der Waals surface area contributed by atoms with Crippen molar-refractivity contribution in [3.8, 4) is 17.1 Å². The van der Waals surface area contributed by atoms with E-state index in [-0.39, 0.29) is 5.91 Å². The van der Waals surface area contributed by atoms with E-state index in [0.29, 0.717) is 31.0 Å². The number of aromatic amines is 1. The van der Waals surface area contributed by atoms with Gasteiger partial charge in [-0.3, -0.25) is 14.9 Å². The Bertz CT molecular complexity index is 891. The van der Waals surface area contributed by atoms with Gasteiger partial charge in [-0.2, -0.15) is 5.10 Å². The summed E-state index contributed by atoms with van der Waals surface area (Å²) in [6, 6.07) is 9.28. The number of carbonyl (C=O) groups excluding carboxylic acids is 1. The molecular weight excluding hydrogens is 318 g/mol. The molecular formula is C18H17N5O2. The van der Waals surface area contributed by atoms with Crippen LogP contribution in [0.3, 0.4) is 0 Å². The highest BCUT2D eigenvalue weighted by atomic mass is 16.5. The van der Waals surface area contributed by atoms with E-state index in [1.807, 2.05) is 24.3 Å². The molecule has 1 amide bonds. The summed E-state index contributed by atoms with van der Waals surface area (Å²) in [4.78, 5) is 20.7. The van der Waals surface area contributed by atoms with E-state index in [9.17, 15) is 4.79 Å². The Balaban J connectivity index is 1.33. The maximum atomic E-state index is 12.3. The van der Waals surface area contributed by atoms with Gasteiger partial charge in [-0.1, -0.05) is 0 Å². The lowest BCUT2D eigenvalue weighted by Crippen LogP contribution is -2.26. The minimum Gasteiger partial charge on any atom is -0.493 e. The van der Waals surface area contributed by atoms with Crippen molar-refractivity contribution in [1.82, 2.24) is 25.5 Å². The van der Waals surface area contributed by atoms with Gasteiger partial charge in [0.25, 0.3) is 5.91 Å². The van der Waals surface area contributed by atoms with Crippen molar-refractivity contribution in [2.75, 3.05) is 13.2 Å². The van der Waals surface area contributed by atoms with Gasteiger partial charge in [0.2, 0.25) is 0 Å². The lowest BCUT2D eigenvalue weighted by molar-refractivity contribution is 0.0954. The van der Waals surface area contributed by atoms with Crippen LogP contribution in [-0.4, -0.2) is 39.2 Å². The zero-order chi connectivity index (χ0) is 17.1. The number of H-pyrrole nitrogens is 1. The number of ether oxygens (including phenoxy) is 1. The zero-order valence-corrected chi connectivity index (χ0v) is 13.5. The summed E-state index contributed by atoms with van der Waals surface area (Å²) in [7, 11) is 0. The number of aromatic nitrogens is 4. The fourth-order valence-electron chi connectivity index (χ4n) is 2.76. The number of fused-ring (bicyclic) bond motifs is 1. The first kappa shape index (κ1) is 15.3. The van der Waals surface area contributed by atoms with Gasteiger partial charge >= 0.3 is 0 Å². The van der Waals surface area contributed by atoms with Gasteiger partial charge in [0, 0.05) is 42.9 Å². The molecule has 3 heterocycles. The molecule has 7 nitrogen and oxygen atoms in total. The van der Waals surface area contributed by atoms with Gasteiger partial charge in [0.15, 0.2) is 5.82 Å². The summed E-state index contributed by atoms with van der Waals surface area (Å²) in [5.74, 6) is 2.11. The fourth-order valence-corrected chi connectivity index (χ4v) is 2.76. The van der Waals surface area contributed by atoms with E-state index < -0.39 is 0 Å². The van der Waals surface area contributed by atoms with Gasteiger partial charge in [-0.15, -0.1) is 0 Å². The van der Waals surface area contributed by atoms with Crippen LogP contribution >= 0.6 is 0 Å². The van der Waals surface area contributed by atoms with E-state index in [4.69, 9.17) is 4.74 Å². The van der Waals surface area contributed by atoms with Crippen molar-refractivity contribution in [3.05, 3.63) is 59.7 Å². The van der Waals surface area contributed by atoms with Crippen LogP contribution < -0.4 is 10.1 Å². The Hall–Kier alpha value is -3.22. The molecule has 25 heavy (non-hydrogen) atoms. The van der Waals surface area contributed by atoms with Crippen molar-refractivity contribution in [2.45, 2.75) is 12.8 Å². The summed E-state index contributed by atoms with van der Waals surface area (Å²) in [5.41, 5.74) is 2.59. The first-order valence-electron chi connectivity index (χ1n) is 8.15. The Kier molecular flexibility index (Phi) is 4.12. The Morgan fingerprint density at radius 1 is 1.32 bits per heavy atom. The normalized spacial score (nSPS) is 12.5. The molecule has 0 aliphatic carbocycles. The van der Waals surface area contributed by atoms with Gasteiger partial charge in [-0.25, -0.2) is 4.98 Å². The molecule has 2 N–H and O–H groups in total. The molecule has 0 bridgehead atoms. The molecule has 0 saturated carbocycles. The van der Waals surface area contributed by atoms with E-state index in [1.54, 1.807) is 18.5 Å². The Morgan fingerprint density at radius 2 is 2.28 bits per heavy atom. The van der Waals surface area contributed by atoms with E-state index in [1.165, 1.54) is 0 Å². The average molecular weight is 335 g/mol. The van der Waals surface area contributed by atoms with Crippen molar-refractivity contribution >= 4 is 5.91 Å². The van der Waals surface area contributed by atoms with Crippen molar-refractivity contribution in [3.63, 3.8) is 0 Å². The largest absolute Gasteiger partial charge is 0.493 e. The van der Waals surface area contributed by atoms with Crippen molar-refractivity contribution < 1.29 is 9.53 Å². The average Bonchev–Trinajstić information content (AvgIpc) is 3.31. The Labute approximate surface area is 144 Å². The predicted molar refractivity (Wildman–Crippen MR) is 91.3 cm³/mol. The first-order chi connectivity index (χ1) is 12.3. The van der Waals surface area contributed by atoms with Crippen LogP contribution in [0.1, 0.15) is 21.7 Å². The third-order valence-electron chi connectivity index (χ3n) is 4.05. The zero-order valence-electron chi connectivity index (χ0n) is 13.5. The first-order valence-corrected chi connectivity index (χ1v) is 8.15. The standard InChI is InChI=1S/C18H17N5O2/c24-18(13-3-4-15-12(10-13)6-9-25-15)20-8-5-16-21-17(23-22-16)14-2-1-7-19-11-14/h1-4,7,10-11H,5-6,8-9H2,(H,20,24)(H,21,22,23). The quantitative estimate of drug-likeness (QED) is 0.741. The number of hydrogen-bond donors (Lipinski definition) is 2. The molecule has 2 aromatic heterocycles. The molecule has 4 rings (SSSR count). The number of rotatable bonds is 5. The van der Waals surface area contributed by atoms with E-state index >= 15 is 0 Å². The SMILES string of the molecule is O=C(NCCc1nc(-c2cccnc2)n[nH]1)c1ccc2c(c1)CCO2. The van der Waals surface area contributed by atoms with Crippen LogP contribution in [0, 0.1) is 0 Å². The van der Waals surface area contributed by atoms with Crippen LogP contribution in [0.5, 0.6) is 5.75 Å². The topological polar surface area (TPSA) is 92.8 Å². The molecule has 0 radical (unpaired) electrons. The smallest absolute Gasteiger partial charge is 0.251 e. The molecule has 7 heteroatoms. The molecule has 1 aromatic carbocycles. The maximum Gasteiger partial charge on any atom is 0.251 e. The number of hydrogen-bond acceptors (Lipinski definition) is 5. The summed E-state index contributed by atoms with van der Waals surface area (Å²) >= 11 is 0. The number of benzene rings is 1. The molecule has 1 aliphatic heterocycles. The summed E-state index contributed by atoms with van der Waals surface area (Å²) in [6.45, 7) is 1.17. The third-order valence-corrected chi connectivity index (χ3v) is 4.05. The number of pyridine rings is 1. The molecule has 0 spiro atoms. The molecule has 3 aromatic rings.